The van der Waals surface area contributed by atoms with Gasteiger partial charge in [-0.25, -0.2) is 0 Å². The molecule has 0 heterocycles. The first-order chi connectivity index (χ1) is 19.1. The summed E-state index contributed by atoms with van der Waals surface area (Å²) < 4.78 is 0. The molecule has 0 aliphatic rings. The number of primary amides is 1. The van der Waals surface area contributed by atoms with Gasteiger partial charge in [-0.15, -0.1) is 0 Å². The van der Waals surface area contributed by atoms with E-state index in [9.17, 15) is 24.0 Å². The van der Waals surface area contributed by atoms with Crippen molar-refractivity contribution in [3.05, 3.63) is 71.8 Å². The highest BCUT2D eigenvalue weighted by Crippen LogP contribution is 2.07. The molecule has 10 nitrogen and oxygen atoms in total. The second kappa shape index (κ2) is 17.4. The lowest BCUT2D eigenvalue weighted by Gasteiger charge is -2.20. The molecular weight excluding hydrogens is 510 g/mol. The number of amides is 5. The maximum atomic E-state index is 12.9. The number of nitrogens with two attached hydrogens (primary N) is 1. The van der Waals surface area contributed by atoms with Gasteiger partial charge in [0.15, 0.2) is 0 Å². The Labute approximate surface area is 235 Å². The highest BCUT2D eigenvalue weighted by atomic mass is 16.2. The van der Waals surface area contributed by atoms with Crippen molar-refractivity contribution < 1.29 is 24.0 Å². The van der Waals surface area contributed by atoms with Gasteiger partial charge >= 0.3 is 0 Å². The van der Waals surface area contributed by atoms with Crippen molar-refractivity contribution in [2.24, 2.45) is 11.7 Å². The van der Waals surface area contributed by atoms with Crippen LogP contribution in [0, 0.1) is 5.92 Å². The largest absolute Gasteiger partial charge is 0.368 e. The molecule has 0 unspecified atom stereocenters. The molecule has 0 aliphatic carbocycles. The molecule has 0 aromatic heterocycles. The Morgan fingerprint density at radius 3 is 1.82 bits per heavy atom. The summed E-state index contributed by atoms with van der Waals surface area (Å²) in [5, 5.41) is 10.3. The van der Waals surface area contributed by atoms with Crippen LogP contribution < -0.4 is 27.0 Å². The number of carbonyl (C=O) groups excluding carboxylic acids is 5. The van der Waals surface area contributed by atoms with Gasteiger partial charge in [-0.2, -0.15) is 0 Å². The van der Waals surface area contributed by atoms with E-state index in [1.807, 2.05) is 74.5 Å². The number of hydrogen-bond donors (Lipinski definition) is 5. The van der Waals surface area contributed by atoms with Crippen LogP contribution in [-0.4, -0.2) is 54.7 Å². The highest BCUT2D eigenvalue weighted by molar-refractivity contribution is 5.93. The van der Waals surface area contributed by atoms with Crippen molar-refractivity contribution in [1.29, 1.82) is 0 Å². The summed E-state index contributed by atoms with van der Waals surface area (Å²) in [6, 6.07) is 17.3. The Balaban J connectivity index is 1.84. The van der Waals surface area contributed by atoms with E-state index < -0.39 is 35.7 Å². The standard InChI is InChI=1S/C30H41N5O5/c1-21(2)17-24(29(31)39)34-28(38)20-33-30(40)25(18-23-14-7-4-8-15-23)35-27(37)19-32-26(36)16-10-9-13-22-11-5-3-6-12-22/h3-8,11-12,14-15,21,24-25H,9-10,13,16-20H2,1-2H3,(H2,31,39)(H,32,36)(H,33,40)(H,34,38)(H,35,37)/t24-,25-/m0/s1. The van der Waals surface area contributed by atoms with Crippen molar-refractivity contribution in [3.63, 3.8) is 0 Å². The van der Waals surface area contributed by atoms with E-state index in [0.717, 1.165) is 18.4 Å². The lowest BCUT2D eigenvalue weighted by molar-refractivity contribution is -0.131. The van der Waals surface area contributed by atoms with Gasteiger partial charge in [-0.3, -0.25) is 24.0 Å². The minimum atomic E-state index is -0.979. The van der Waals surface area contributed by atoms with E-state index in [1.165, 1.54) is 5.56 Å². The fraction of sp³-hybridized carbons (Fsp3) is 0.433. The fourth-order valence-electron chi connectivity index (χ4n) is 4.08. The van der Waals surface area contributed by atoms with Crippen molar-refractivity contribution in [2.45, 2.75) is 64.5 Å². The average molecular weight is 552 g/mol. The summed E-state index contributed by atoms with van der Waals surface area (Å²) >= 11 is 0. The van der Waals surface area contributed by atoms with Crippen LogP contribution in [0.4, 0.5) is 0 Å². The zero-order valence-corrected chi connectivity index (χ0v) is 23.3. The summed E-state index contributed by atoms with van der Waals surface area (Å²) in [5.74, 6) is -2.42. The van der Waals surface area contributed by atoms with Crippen LogP contribution in [0.5, 0.6) is 0 Å². The second-order valence-electron chi connectivity index (χ2n) is 10.1. The summed E-state index contributed by atoms with van der Waals surface area (Å²) in [5.41, 5.74) is 7.39. The number of unbranched alkanes of at least 4 members (excludes halogenated alkanes) is 1. The summed E-state index contributed by atoms with van der Waals surface area (Å²) in [6.07, 6.45) is 3.28. The minimum absolute atomic E-state index is 0.132. The van der Waals surface area contributed by atoms with Gasteiger partial charge in [0.25, 0.3) is 0 Å². The SMILES string of the molecule is CC(C)C[C@H](NC(=O)CNC(=O)[C@H](Cc1ccccc1)NC(=O)CNC(=O)CCCCc1ccccc1)C(N)=O. The Morgan fingerprint density at radius 2 is 1.25 bits per heavy atom. The number of nitrogens with one attached hydrogen (secondary N) is 4. The molecule has 0 aliphatic heterocycles. The van der Waals surface area contributed by atoms with Gasteiger partial charge in [0.2, 0.25) is 29.5 Å². The maximum absolute atomic E-state index is 12.9. The minimum Gasteiger partial charge on any atom is -0.368 e. The Kier molecular flexibility index (Phi) is 13.9. The van der Waals surface area contributed by atoms with E-state index in [4.69, 9.17) is 5.73 Å². The molecule has 0 fully saturated rings. The first-order valence-corrected chi connectivity index (χ1v) is 13.6. The first-order valence-electron chi connectivity index (χ1n) is 13.6. The first kappa shape index (κ1) is 32.0. The number of aryl methyl sites for hydroxylation is 1. The molecule has 6 N–H and O–H groups in total. The van der Waals surface area contributed by atoms with Crippen LogP contribution in [0.1, 0.15) is 50.7 Å². The predicted octanol–water partition coefficient (Wildman–Crippen LogP) is 1.38. The monoisotopic (exact) mass is 551 g/mol. The molecule has 2 aromatic rings. The molecule has 2 rings (SSSR count). The van der Waals surface area contributed by atoms with Crippen molar-refractivity contribution in [1.82, 2.24) is 21.3 Å². The van der Waals surface area contributed by atoms with Crippen LogP contribution in [0.2, 0.25) is 0 Å². The predicted molar refractivity (Wildman–Crippen MR) is 153 cm³/mol. The summed E-state index contributed by atoms with van der Waals surface area (Å²) in [6.45, 7) is 3.14. The molecule has 2 aromatic carbocycles. The highest BCUT2D eigenvalue weighted by Gasteiger charge is 2.24. The molecule has 0 spiro atoms. The normalized spacial score (nSPS) is 12.2. The molecule has 10 heteroatoms. The maximum Gasteiger partial charge on any atom is 0.243 e. The van der Waals surface area contributed by atoms with Crippen LogP contribution in [0.3, 0.4) is 0 Å². The van der Waals surface area contributed by atoms with Gasteiger partial charge < -0.3 is 27.0 Å². The number of benzene rings is 2. The van der Waals surface area contributed by atoms with Crippen molar-refractivity contribution >= 4 is 29.5 Å². The van der Waals surface area contributed by atoms with Gasteiger partial charge in [-0.05, 0) is 42.7 Å². The van der Waals surface area contributed by atoms with E-state index in [0.29, 0.717) is 19.3 Å². The Morgan fingerprint density at radius 1 is 0.700 bits per heavy atom. The molecule has 0 saturated carbocycles. The summed E-state index contributed by atoms with van der Waals surface area (Å²) in [4.78, 5) is 61.7. The fourth-order valence-corrected chi connectivity index (χ4v) is 4.08. The molecular formula is C30H41N5O5. The van der Waals surface area contributed by atoms with Gasteiger partial charge in [-0.1, -0.05) is 74.5 Å². The zero-order chi connectivity index (χ0) is 29.3. The van der Waals surface area contributed by atoms with E-state index in [2.05, 4.69) is 21.3 Å². The molecule has 2 atom stereocenters. The number of carbonyl (C=O) groups is 5. The average Bonchev–Trinajstić information content (AvgIpc) is 2.93. The van der Waals surface area contributed by atoms with Crippen LogP contribution >= 0.6 is 0 Å². The third-order valence-corrected chi connectivity index (χ3v) is 6.15. The van der Waals surface area contributed by atoms with E-state index in [-0.39, 0.29) is 31.3 Å². The topological polar surface area (TPSA) is 159 Å². The molecule has 216 valence electrons. The Hall–Kier alpha value is -4.21. The van der Waals surface area contributed by atoms with Gasteiger partial charge in [0.05, 0.1) is 13.1 Å². The second-order valence-corrected chi connectivity index (χ2v) is 10.1. The molecule has 40 heavy (non-hydrogen) atoms. The Bertz CT molecular complexity index is 1110. The van der Waals surface area contributed by atoms with E-state index >= 15 is 0 Å². The zero-order valence-electron chi connectivity index (χ0n) is 23.3. The lowest BCUT2D eigenvalue weighted by atomic mass is 10.0. The molecule has 5 amide bonds. The quantitative estimate of drug-likeness (QED) is 0.188. The molecule has 0 saturated heterocycles. The molecule has 0 radical (unpaired) electrons. The summed E-state index contributed by atoms with van der Waals surface area (Å²) in [7, 11) is 0. The van der Waals surface area contributed by atoms with Gasteiger partial charge in [0, 0.05) is 12.8 Å². The van der Waals surface area contributed by atoms with Gasteiger partial charge in [0.1, 0.15) is 12.1 Å². The number of hydrogen-bond acceptors (Lipinski definition) is 5. The van der Waals surface area contributed by atoms with Crippen molar-refractivity contribution in [2.75, 3.05) is 13.1 Å². The van der Waals surface area contributed by atoms with Crippen molar-refractivity contribution in [3.8, 4) is 0 Å². The van der Waals surface area contributed by atoms with Crippen LogP contribution in [-0.2, 0) is 36.8 Å². The van der Waals surface area contributed by atoms with E-state index in [1.54, 1.807) is 0 Å². The van der Waals surface area contributed by atoms with Crippen LogP contribution in [0.25, 0.3) is 0 Å². The molecule has 0 bridgehead atoms. The third kappa shape index (κ3) is 13.0. The van der Waals surface area contributed by atoms with Crippen LogP contribution in [0.15, 0.2) is 60.7 Å². The smallest absolute Gasteiger partial charge is 0.243 e. The number of rotatable bonds is 17. The lowest BCUT2D eigenvalue weighted by Crippen LogP contribution is -2.53. The third-order valence-electron chi connectivity index (χ3n) is 6.15.